The van der Waals surface area contributed by atoms with Gasteiger partial charge in [-0.3, -0.25) is 5.32 Å². The van der Waals surface area contributed by atoms with Gasteiger partial charge in [-0.05, 0) is 30.7 Å². The van der Waals surface area contributed by atoms with Crippen LogP contribution in [0.5, 0.6) is 0 Å². The molecule has 1 radical (unpaired) electrons. The maximum absolute atomic E-state index is 10.7. The SMILES string of the molecule is COC(=O)Nc1cc[c]c(C)c1. The zero-order valence-electron chi connectivity index (χ0n) is 7.05. The second-order valence-corrected chi connectivity index (χ2v) is 2.38. The van der Waals surface area contributed by atoms with Gasteiger partial charge in [-0.1, -0.05) is 6.07 Å². The maximum Gasteiger partial charge on any atom is 0.411 e. The number of hydrogen-bond acceptors (Lipinski definition) is 2. The van der Waals surface area contributed by atoms with Gasteiger partial charge in [0, 0.05) is 5.69 Å². The summed E-state index contributed by atoms with van der Waals surface area (Å²) in [4.78, 5) is 10.7. The molecule has 0 aliphatic carbocycles. The molecule has 3 heteroatoms. The molecule has 0 fully saturated rings. The van der Waals surface area contributed by atoms with Crippen LogP contribution in [0.25, 0.3) is 0 Å². The van der Waals surface area contributed by atoms with Crippen molar-refractivity contribution in [2.24, 2.45) is 0 Å². The van der Waals surface area contributed by atoms with E-state index in [2.05, 4.69) is 16.1 Å². The van der Waals surface area contributed by atoms with Crippen LogP contribution in [0.1, 0.15) is 5.56 Å². The average molecular weight is 164 g/mol. The number of benzene rings is 1. The highest BCUT2D eigenvalue weighted by atomic mass is 16.5. The van der Waals surface area contributed by atoms with Crippen molar-refractivity contribution >= 4 is 11.8 Å². The Kier molecular flexibility index (Phi) is 2.69. The smallest absolute Gasteiger partial charge is 0.411 e. The molecule has 1 aromatic carbocycles. The normalized spacial score (nSPS) is 9.17. The fourth-order valence-corrected chi connectivity index (χ4v) is 0.833. The van der Waals surface area contributed by atoms with Crippen molar-refractivity contribution in [1.82, 2.24) is 0 Å². The molecular weight excluding hydrogens is 154 g/mol. The van der Waals surface area contributed by atoms with E-state index in [1.807, 2.05) is 13.0 Å². The predicted molar refractivity (Wildman–Crippen MR) is 46.0 cm³/mol. The highest BCUT2D eigenvalue weighted by Gasteiger charge is 1.98. The number of hydrogen-bond donors (Lipinski definition) is 1. The molecule has 0 heterocycles. The number of anilines is 1. The van der Waals surface area contributed by atoms with Crippen molar-refractivity contribution < 1.29 is 9.53 Å². The minimum Gasteiger partial charge on any atom is -0.453 e. The summed E-state index contributed by atoms with van der Waals surface area (Å²) in [7, 11) is 1.33. The molecular formula is C9H10NO2. The number of aryl methyl sites for hydroxylation is 1. The van der Waals surface area contributed by atoms with Gasteiger partial charge in [0.1, 0.15) is 0 Å². The van der Waals surface area contributed by atoms with Gasteiger partial charge in [0.2, 0.25) is 0 Å². The van der Waals surface area contributed by atoms with Gasteiger partial charge < -0.3 is 4.74 Å². The van der Waals surface area contributed by atoms with Gasteiger partial charge in [-0.2, -0.15) is 0 Å². The summed E-state index contributed by atoms with van der Waals surface area (Å²) in [6.07, 6.45) is -0.458. The molecule has 1 N–H and O–H groups in total. The number of amides is 1. The molecule has 1 amide bonds. The molecule has 3 nitrogen and oxygen atoms in total. The number of ether oxygens (including phenoxy) is 1. The minimum absolute atomic E-state index is 0.458. The van der Waals surface area contributed by atoms with E-state index in [-0.39, 0.29) is 0 Å². The van der Waals surface area contributed by atoms with Crippen molar-refractivity contribution in [2.45, 2.75) is 6.92 Å². The van der Waals surface area contributed by atoms with E-state index in [4.69, 9.17) is 0 Å². The Bertz CT molecular complexity index is 284. The van der Waals surface area contributed by atoms with E-state index in [1.165, 1.54) is 7.11 Å². The Morgan fingerprint density at radius 1 is 1.67 bits per heavy atom. The van der Waals surface area contributed by atoms with E-state index in [9.17, 15) is 4.79 Å². The summed E-state index contributed by atoms with van der Waals surface area (Å²) in [5.74, 6) is 0. The number of methoxy groups -OCH3 is 1. The summed E-state index contributed by atoms with van der Waals surface area (Å²) in [5, 5.41) is 2.55. The Morgan fingerprint density at radius 3 is 3.00 bits per heavy atom. The van der Waals surface area contributed by atoms with Crippen LogP contribution in [0.3, 0.4) is 0 Å². The molecule has 0 unspecified atom stereocenters. The Balaban J connectivity index is 2.69. The highest BCUT2D eigenvalue weighted by molar-refractivity contribution is 5.84. The van der Waals surface area contributed by atoms with E-state index in [1.54, 1.807) is 12.1 Å². The molecule has 1 aromatic rings. The van der Waals surface area contributed by atoms with Gasteiger partial charge in [0.15, 0.2) is 0 Å². The van der Waals surface area contributed by atoms with Crippen molar-refractivity contribution in [1.29, 1.82) is 0 Å². The molecule has 0 bridgehead atoms. The zero-order chi connectivity index (χ0) is 8.97. The molecule has 0 aromatic heterocycles. The summed E-state index contributed by atoms with van der Waals surface area (Å²) < 4.78 is 4.43. The van der Waals surface area contributed by atoms with Gasteiger partial charge in [-0.25, -0.2) is 4.79 Å². The quantitative estimate of drug-likeness (QED) is 0.689. The third-order valence-corrected chi connectivity index (χ3v) is 1.38. The largest absolute Gasteiger partial charge is 0.453 e. The van der Waals surface area contributed by atoms with E-state index in [0.29, 0.717) is 0 Å². The van der Waals surface area contributed by atoms with Gasteiger partial charge >= 0.3 is 6.09 Å². The van der Waals surface area contributed by atoms with Crippen LogP contribution in [0, 0.1) is 13.0 Å². The standard InChI is InChI=1S/C9H10NO2/c1-7-4-3-5-8(6-7)10-9(11)12-2/h3,5-6H,1-2H3,(H,10,11). The summed E-state index contributed by atoms with van der Waals surface area (Å²) in [6.45, 7) is 1.91. The van der Waals surface area contributed by atoms with Crippen LogP contribution in [0.4, 0.5) is 10.5 Å². The topological polar surface area (TPSA) is 38.3 Å². The Morgan fingerprint density at radius 2 is 2.42 bits per heavy atom. The minimum atomic E-state index is -0.458. The molecule has 0 spiro atoms. The predicted octanol–water partition coefficient (Wildman–Crippen LogP) is 1.97. The fourth-order valence-electron chi connectivity index (χ4n) is 0.833. The third-order valence-electron chi connectivity index (χ3n) is 1.38. The lowest BCUT2D eigenvalue weighted by Gasteiger charge is -2.02. The molecule has 0 atom stereocenters. The number of carbonyl (C=O) groups excluding carboxylic acids is 1. The summed E-state index contributed by atoms with van der Waals surface area (Å²) in [6, 6.07) is 8.29. The van der Waals surface area contributed by atoms with Gasteiger partial charge in [0.25, 0.3) is 0 Å². The lowest BCUT2D eigenvalue weighted by Crippen LogP contribution is -2.10. The monoisotopic (exact) mass is 164 g/mol. The van der Waals surface area contributed by atoms with E-state index in [0.717, 1.165) is 11.3 Å². The second-order valence-electron chi connectivity index (χ2n) is 2.38. The van der Waals surface area contributed by atoms with E-state index < -0.39 is 6.09 Å². The van der Waals surface area contributed by atoms with Crippen molar-refractivity contribution in [2.75, 3.05) is 12.4 Å². The van der Waals surface area contributed by atoms with Crippen LogP contribution >= 0.6 is 0 Å². The molecule has 12 heavy (non-hydrogen) atoms. The molecule has 63 valence electrons. The third kappa shape index (κ3) is 2.27. The molecule has 0 aliphatic rings. The van der Waals surface area contributed by atoms with Crippen LogP contribution in [-0.2, 0) is 4.74 Å². The summed E-state index contributed by atoms with van der Waals surface area (Å²) in [5.41, 5.74) is 1.70. The lowest BCUT2D eigenvalue weighted by atomic mass is 10.2. The van der Waals surface area contributed by atoms with Crippen LogP contribution in [-0.4, -0.2) is 13.2 Å². The zero-order valence-corrected chi connectivity index (χ0v) is 7.05. The fraction of sp³-hybridized carbons (Fsp3) is 0.222. The van der Waals surface area contributed by atoms with Crippen LogP contribution in [0.2, 0.25) is 0 Å². The maximum atomic E-state index is 10.7. The first-order chi connectivity index (χ1) is 5.72. The second kappa shape index (κ2) is 3.76. The van der Waals surface area contributed by atoms with E-state index >= 15 is 0 Å². The van der Waals surface area contributed by atoms with Gasteiger partial charge in [-0.15, -0.1) is 0 Å². The molecule has 0 saturated carbocycles. The number of rotatable bonds is 1. The van der Waals surface area contributed by atoms with Crippen molar-refractivity contribution in [3.63, 3.8) is 0 Å². The van der Waals surface area contributed by atoms with Crippen LogP contribution < -0.4 is 5.32 Å². The number of nitrogens with one attached hydrogen (secondary N) is 1. The lowest BCUT2D eigenvalue weighted by molar-refractivity contribution is 0.187. The highest BCUT2D eigenvalue weighted by Crippen LogP contribution is 2.08. The first kappa shape index (κ1) is 8.59. The Labute approximate surface area is 71.4 Å². The molecule has 0 aliphatic heterocycles. The molecule has 0 saturated heterocycles. The van der Waals surface area contributed by atoms with Crippen LogP contribution in [0.15, 0.2) is 18.2 Å². The average Bonchev–Trinajstić information content (AvgIpc) is 2.04. The van der Waals surface area contributed by atoms with Crippen molar-refractivity contribution in [3.8, 4) is 0 Å². The number of carbonyl (C=O) groups is 1. The van der Waals surface area contributed by atoms with Crippen molar-refractivity contribution in [3.05, 3.63) is 29.8 Å². The first-order valence-corrected chi connectivity index (χ1v) is 3.55. The van der Waals surface area contributed by atoms with Gasteiger partial charge in [0.05, 0.1) is 7.11 Å². The Hall–Kier alpha value is -1.51. The molecule has 1 rings (SSSR count). The summed E-state index contributed by atoms with van der Waals surface area (Å²) >= 11 is 0. The first-order valence-electron chi connectivity index (χ1n) is 3.55.